The van der Waals surface area contributed by atoms with Crippen LogP contribution in [0.1, 0.15) is 41.9 Å². The van der Waals surface area contributed by atoms with Gasteiger partial charge in [-0.15, -0.1) is 5.10 Å². The van der Waals surface area contributed by atoms with Gasteiger partial charge in [-0.1, -0.05) is 5.21 Å². The summed E-state index contributed by atoms with van der Waals surface area (Å²) in [5.74, 6) is -0.0826. The summed E-state index contributed by atoms with van der Waals surface area (Å²) >= 11 is 0. The summed E-state index contributed by atoms with van der Waals surface area (Å²) in [6.07, 6.45) is 4.25. The molecule has 2 aliphatic rings. The molecule has 9 heteroatoms. The Morgan fingerprint density at radius 2 is 1.89 bits per heavy atom. The smallest absolute Gasteiger partial charge is 0.387 e. The van der Waals surface area contributed by atoms with Gasteiger partial charge in [-0.3, -0.25) is 4.79 Å². The van der Waals surface area contributed by atoms with E-state index in [4.69, 9.17) is 0 Å². The van der Waals surface area contributed by atoms with Crippen LogP contribution in [-0.4, -0.2) is 57.6 Å². The molecule has 2 aliphatic heterocycles. The lowest BCUT2D eigenvalue weighted by molar-refractivity contribution is -0.0498. The molecule has 28 heavy (non-hydrogen) atoms. The number of carbonyl (C=O) groups is 1. The number of rotatable bonds is 5. The molecule has 2 atom stereocenters. The van der Waals surface area contributed by atoms with E-state index in [9.17, 15) is 13.6 Å². The minimum atomic E-state index is -2.87. The van der Waals surface area contributed by atoms with Crippen molar-refractivity contribution >= 4 is 5.91 Å². The maximum Gasteiger partial charge on any atom is 0.387 e. The van der Waals surface area contributed by atoms with Crippen LogP contribution in [0.15, 0.2) is 24.3 Å². The third-order valence-corrected chi connectivity index (χ3v) is 5.72. The summed E-state index contributed by atoms with van der Waals surface area (Å²) in [5.41, 5.74) is 1.53. The third-order valence-electron chi connectivity index (χ3n) is 5.72. The molecule has 2 fully saturated rings. The average molecular weight is 391 g/mol. The molecule has 3 heterocycles. The number of ether oxygens (including phenoxy) is 1. The van der Waals surface area contributed by atoms with Crippen molar-refractivity contribution in [3.63, 3.8) is 0 Å². The van der Waals surface area contributed by atoms with Gasteiger partial charge in [0.05, 0.1) is 11.4 Å². The van der Waals surface area contributed by atoms with Gasteiger partial charge in [0.15, 0.2) is 5.69 Å². The van der Waals surface area contributed by atoms with Gasteiger partial charge in [0.2, 0.25) is 0 Å². The normalized spacial score (nSPS) is 23.8. The average Bonchev–Trinajstić information content (AvgIpc) is 3.22. The number of hydrogen-bond donors (Lipinski definition) is 1. The number of nitrogens with one attached hydrogen (secondary N) is 1. The van der Waals surface area contributed by atoms with Crippen molar-refractivity contribution in [2.45, 2.75) is 57.3 Å². The zero-order valence-electron chi connectivity index (χ0n) is 15.8. The summed E-state index contributed by atoms with van der Waals surface area (Å²) in [4.78, 5) is 14.8. The molecule has 0 spiro atoms. The van der Waals surface area contributed by atoms with Crippen LogP contribution in [0.25, 0.3) is 5.69 Å². The minimum absolute atomic E-state index is 0.0630. The van der Waals surface area contributed by atoms with Crippen LogP contribution in [-0.2, 0) is 0 Å². The van der Waals surface area contributed by atoms with Gasteiger partial charge in [-0.05, 0) is 56.9 Å². The SMILES string of the molecule is Cc1c(C(=O)N(C)C2CC3CCC(C2)N3)nnn1-c1ccc(OC(F)F)cc1. The van der Waals surface area contributed by atoms with E-state index in [1.807, 2.05) is 7.05 Å². The lowest BCUT2D eigenvalue weighted by atomic mass is 9.98. The fourth-order valence-corrected chi connectivity index (χ4v) is 4.22. The van der Waals surface area contributed by atoms with E-state index < -0.39 is 6.61 Å². The van der Waals surface area contributed by atoms with E-state index in [2.05, 4.69) is 20.4 Å². The van der Waals surface area contributed by atoms with Gasteiger partial charge in [-0.2, -0.15) is 8.78 Å². The van der Waals surface area contributed by atoms with E-state index in [1.165, 1.54) is 29.7 Å². The summed E-state index contributed by atoms with van der Waals surface area (Å²) < 4.78 is 30.5. The maximum atomic E-state index is 13.0. The number of fused-ring (bicyclic) bond motifs is 2. The molecule has 0 aliphatic carbocycles. The highest BCUT2D eigenvalue weighted by Crippen LogP contribution is 2.30. The number of alkyl halides is 2. The van der Waals surface area contributed by atoms with E-state index in [0.717, 1.165) is 12.8 Å². The molecule has 2 unspecified atom stereocenters. The number of benzene rings is 1. The monoisotopic (exact) mass is 391 g/mol. The highest BCUT2D eigenvalue weighted by molar-refractivity contribution is 5.93. The Bertz CT molecular complexity index is 843. The number of amides is 1. The van der Waals surface area contributed by atoms with Crippen molar-refractivity contribution < 1.29 is 18.3 Å². The maximum absolute atomic E-state index is 13.0. The Labute approximate surface area is 161 Å². The Morgan fingerprint density at radius 3 is 2.50 bits per heavy atom. The predicted molar refractivity (Wildman–Crippen MR) is 97.8 cm³/mol. The van der Waals surface area contributed by atoms with E-state index in [1.54, 1.807) is 24.0 Å². The van der Waals surface area contributed by atoms with Crippen LogP contribution >= 0.6 is 0 Å². The van der Waals surface area contributed by atoms with Crippen molar-refractivity contribution in [1.82, 2.24) is 25.2 Å². The molecule has 1 aromatic carbocycles. The molecule has 0 saturated carbocycles. The molecular weight excluding hydrogens is 368 g/mol. The first kappa shape index (κ1) is 18.8. The van der Waals surface area contributed by atoms with Gasteiger partial charge < -0.3 is 15.0 Å². The molecule has 0 radical (unpaired) electrons. The number of piperidine rings is 1. The van der Waals surface area contributed by atoms with Crippen molar-refractivity contribution in [3.8, 4) is 11.4 Å². The molecule has 2 saturated heterocycles. The first-order valence-corrected chi connectivity index (χ1v) is 9.43. The topological polar surface area (TPSA) is 72.3 Å². The number of hydrogen-bond acceptors (Lipinski definition) is 5. The van der Waals surface area contributed by atoms with Crippen molar-refractivity contribution in [1.29, 1.82) is 0 Å². The van der Waals surface area contributed by atoms with Crippen LogP contribution in [0.3, 0.4) is 0 Å². The lowest BCUT2D eigenvalue weighted by Gasteiger charge is -2.35. The van der Waals surface area contributed by atoms with Gasteiger partial charge in [0, 0.05) is 25.2 Å². The van der Waals surface area contributed by atoms with Crippen LogP contribution < -0.4 is 10.1 Å². The summed E-state index contributed by atoms with van der Waals surface area (Å²) in [6.45, 7) is -1.10. The molecule has 1 N–H and O–H groups in total. The molecule has 1 amide bonds. The summed E-state index contributed by atoms with van der Waals surface area (Å²) in [7, 11) is 1.83. The molecular formula is C19H23F2N5O2. The second-order valence-corrected chi connectivity index (χ2v) is 7.49. The molecule has 2 aromatic rings. The molecule has 7 nitrogen and oxygen atoms in total. The van der Waals surface area contributed by atoms with Gasteiger partial charge in [-0.25, -0.2) is 4.68 Å². The van der Waals surface area contributed by atoms with E-state index in [-0.39, 0.29) is 17.7 Å². The zero-order valence-corrected chi connectivity index (χ0v) is 15.8. The van der Waals surface area contributed by atoms with Crippen molar-refractivity contribution in [2.24, 2.45) is 0 Å². The van der Waals surface area contributed by atoms with Crippen LogP contribution in [0.5, 0.6) is 5.75 Å². The Balaban J connectivity index is 1.50. The van der Waals surface area contributed by atoms with Gasteiger partial charge in [0.25, 0.3) is 5.91 Å². The van der Waals surface area contributed by atoms with Gasteiger partial charge >= 0.3 is 6.61 Å². The zero-order chi connectivity index (χ0) is 19.8. The Hall–Kier alpha value is -2.55. The molecule has 150 valence electrons. The highest BCUT2D eigenvalue weighted by atomic mass is 19.3. The number of aromatic nitrogens is 3. The van der Waals surface area contributed by atoms with Crippen molar-refractivity contribution in [3.05, 3.63) is 35.7 Å². The lowest BCUT2D eigenvalue weighted by Crippen LogP contribution is -2.48. The Kier molecular flexibility index (Phi) is 5.01. The number of nitrogens with zero attached hydrogens (tertiary/aromatic N) is 4. The number of carbonyl (C=O) groups excluding carboxylic acids is 1. The second-order valence-electron chi connectivity index (χ2n) is 7.49. The van der Waals surface area contributed by atoms with Crippen LogP contribution in [0, 0.1) is 6.92 Å². The molecule has 1 aromatic heterocycles. The second kappa shape index (κ2) is 7.46. The predicted octanol–water partition coefficient (Wildman–Crippen LogP) is 2.53. The largest absolute Gasteiger partial charge is 0.435 e. The van der Waals surface area contributed by atoms with Gasteiger partial charge in [0.1, 0.15) is 5.75 Å². The van der Waals surface area contributed by atoms with E-state index >= 15 is 0 Å². The molecule has 4 rings (SSSR count). The standard InChI is InChI=1S/C19H23F2N5O2/c1-11-17(18(27)25(2)15-9-12-3-4-13(10-15)22-12)23-24-26(11)14-5-7-16(8-6-14)28-19(20)21/h5-8,12-13,15,19,22H,3-4,9-10H2,1-2H3. The number of halogens is 2. The van der Waals surface area contributed by atoms with Crippen LogP contribution in [0.2, 0.25) is 0 Å². The van der Waals surface area contributed by atoms with Crippen molar-refractivity contribution in [2.75, 3.05) is 7.05 Å². The Morgan fingerprint density at radius 1 is 1.25 bits per heavy atom. The minimum Gasteiger partial charge on any atom is -0.435 e. The quantitative estimate of drug-likeness (QED) is 0.848. The fourth-order valence-electron chi connectivity index (χ4n) is 4.22. The summed E-state index contributed by atoms with van der Waals surface area (Å²) in [5, 5.41) is 11.8. The first-order chi connectivity index (χ1) is 13.4. The summed E-state index contributed by atoms with van der Waals surface area (Å²) in [6, 6.07) is 7.24. The van der Waals surface area contributed by atoms with E-state index in [0.29, 0.717) is 29.2 Å². The van der Waals surface area contributed by atoms with Crippen LogP contribution in [0.4, 0.5) is 8.78 Å². The third kappa shape index (κ3) is 3.58. The highest BCUT2D eigenvalue weighted by Gasteiger charge is 2.37. The fraction of sp³-hybridized carbons (Fsp3) is 0.526. The molecule has 2 bridgehead atoms. The first-order valence-electron chi connectivity index (χ1n) is 9.43.